The fourth-order valence-corrected chi connectivity index (χ4v) is 4.30. The number of unbranched alkanes of at least 4 members (excludes halogenated alkanes) is 1. The number of carbonyl (C=O) groups is 1. The molecule has 4 aromatic rings. The fourth-order valence-electron chi connectivity index (χ4n) is 4.30. The molecule has 0 saturated heterocycles. The van der Waals surface area contributed by atoms with Gasteiger partial charge >= 0.3 is 0 Å². The van der Waals surface area contributed by atoms with Crippen molar-refractivity contribution in [1.82, 2.24) is 9.55 Å². The van der Waals surface area contributed by atoms with E-state index in [2.05, 4.69) is 19.1 Å². The summed E-state index contributed by atoms with van der Waals surface area (Å²) in [7, 11) is 3.19. The van der Waals surface area contributed by atoms with Crippen molar-refractivity contribution in [2.75, 3.05) is 14.2 Å². The normalized spacial score (nSPS) is 12.0. The maximum Gasteiger partial charge on any atom is 0.245 e. The van der Waals surface area contributed by atoms with Gasteiger partial charge in [0.2, 0.25) is 5.91 Å². The van der Waals surface area contributed by atoms with E-state index in [0.29, 0.717) is 17.3 Å². The molecule has 3 aromatic carbocycles. The zero-order valence-electron chi connectivity index (χ0n) is 19.2. The summed E-state index contributed by atoms with van der Waals surface area (Å²) in [6.45, 7) is 2.17. The van der Waals surface area contributed by atoms with E-state index >= 15 is 0 Å². The summed E-state index contributed by atoms with van der Waals surface area (Å²) in [4.78, 5) is 17.8. The van der Waals surface area contributed by atoms with Crippen LogP contribution in [0.25, 0.3) is 22.4 Å². The quantitative estimate of drug-likeness (QED) is 0.389. The van der Waals surface area contributed by atoms with E-state index < -0.39 is 11.9 Å². The first kappa shape index (κ1) is 22.4. The first-order valence-electron chi connectivity index (χ1n) is 11.2. The number of carbonyl (C=O) groups excluding carboxylic acids is 1. The molecule has 170 valence electrons. The van der Waals surface area contributed by atoms with Crippen LogP contribution in [0.5, 0.6) is 11.5 Å². The molecule has 4 rings (SSSR count). The predicted molar refractivity (Wildman–Crippen MR) is 131 cm³/mol. The lowest BCUT2D eigenvalue weighted by atomic mass is 9.99. The molecule has 1 heterocycles. The number of aromatic nitrogens is 2. The second-order valence-corrected chi connectivity index (χ2v) is 7.99. The standard InChI is InChI=1S/C27H29N3O3/c1-4-5-10-18-11-8-12-19(17-18)24(26(28)31)30-22-15-7-6-14-21(22)29-27(30)20-13-9-16-23(32-2)25(20)33-3/h6-9,11-17,24H,4-5,10H2,1-3H3,(H2,28,31). The number of benzene rings is 3. The highest BCUT2D eigenvalue weighted by molar-refractivity contribution is 5.89. The summed E-state index contributed by atoms with van der Waals surface area (Å²) in [6.07, 6.45) is 3.15. The molecule has 1 aromatic heterocycles. The molecule has 1 atom stereocenters. The Morgan fingerprint density at radius 3 is 2.55 bits per heavy atom. The van der Waals surface area contributed by atoms with Crippen LogP contribution >= 0.6 is 0 Å². The predicted octanol–water partition coefficient (Wildman–Crippen LogP) is 5.14. The van der Waals surface area contributed by atoms with Gasteiger partial charge in [0.25, 0.3) is 0 Å². The Kier molecular flexibility index (Phi) is 6.63. The van der Waals surface area contributed by atoms with Gasteiger partial charge in [0.05, 0.1) is 30.8 Å². The first-order valence-corrected chi connectivity index (χ1v) is 11.2. The Hall–Kier alpha value is -3.80. The number of primary amides is 1. The molecule has 33 heavy (non-hydrogen) atoms. The van der Waals surface area contributed by atoms with Crippen molar-refractivity contribution in [2.45, 2.75) is 32.2 Å². The molecular formula is C27H29N3O3. The minimum absolute atomic E-state index is 0.450. The van der Waals surface area contributed by atoms with Crippen molar-refractivity contribution in [3.63, 3.8) is 0 Å². The minimum atomic E-state index is -0.732. The second kappa shape index (κ2) is 9.77. The van der Waals surface area contributed by atoms with Gasteiger partial charge in [-0.3, -0.25) is 4.79 Å². The van der Waals surface area contributed by atoms with Crippen molar-refractivity contribution in [2.24, 2.45) is 5.73 Å². The molecule has 2 N–H and O–H groups in total. The molecule has 0 aliphatic rings. The highest BCUT2D eigenvalue weighted by atomic mass is 16.5. The third-order valence-electron chi connectivity index (χ3n) is 5.85. The number of methoxy groups -OCH3 is 2. The van der Waals surface area contributed by atoms with Crippen LogP contribution < -0.4 is 15.2 Å². The SMILES string of the molecule is CCCCc1cccc(C(C(N)=O)n2c(-c3cccc(OC)c3OC)nc3ccccc32)c1. The summed E-state index contributed by atoms with van der Waals surface area (Å²) in [5, 5.41) is 0. The van der Waals surface area contributed by atoms with Crippen molar-refractivity contribution < 1.29 is 14.3 Å². The zero-order valence-corrected chi connectivity index (χ0v) is 19.2. The number of hydrogen-bond acceptors (Lipinski definition) is 4. The monoisotopic (exact) mass is 443 g/mol. The summed E-state index contributed by atoms with van der Waals surface area (Å²) < 4.78 is 13.1. The number of hydrogen-bond donors (Lipinski definition) is 1. The van der Waals surface area contributed by atoms with Gasteiger partial charge in [-0.05, 0) is 48.2 Å². The average molecular weight is 444 g/mol. The summed E-state index contributed by atoms with van der Waals surface area (Å²) in [5.41, 5.74) is 10.4. The van der Waals surface area contributed by atoms with Crippen LogP contribution in [0.4, 0.5) is 0 Å². The van der Waals surface area contributed by atoms with E-state index in [4.69, 9.17) is 20.2 Å². The third-order valence-corrected chi connectivity index (χ3v) is 5.85. The van der Waals surface area contributed by atoms with Gasteiger partial charge in [-0.25, -0.2) is 4.98 Å². The van der Waals surface area contributed by atoms with Gasteiger partial charge in [-0.15, -0.1) is 0 Å². The highest BCUT2D eigenvalue weighted by Gasteiger charge is 2.28. The van der Waals surface area contributed by atoms with E-state index in [1.807, 2.05) is 59.2 Å². The van der Waals surface area contributed by atoms with Gasteiger partial charge in [0, 0.05) is 0 Å². The van der Waals surface area contributed by atoms with Gasteiger partial charge in [0.15, 0.2) is 11.5 Å². The van der Waals surface area contributed by atoms with E-state index in [9.17, 15) is 4.79 Å². The highest BCUT2D eigenvalue weighted by Crippen LogP contribution is 2.40. The van der Waals surface area contributed by atoms with Crippen LogP contribution in [0.1, 0.15) is 36.9 Å². The van der Waals surface area contributed by atoms with Crippen LogP contribution in [0.15, 0.2) is 66.7 Å². The number of nitrogens with zero attached hydrogens (tertiary/aromatic N) is 2. The topological polar surface area (TPSA) is 79.4 Å². The van der Waals surface area contributed by atoms with Crippen molar-refractivity contribution in [3.05, 3.63) is 77.9 Å². The number of nitrogens with two attached hydrogens (primary N) is 1. The van der Waals surface area contributed by atoms with Crippen molar-refractivity contribution in [1.29, 1.82) is 0 Å². The Morgan fingerprint density at radius 1 is 1.03 bits per heavy atom. The van der Waals surface area contributed by atoms with Gasteiger partial charge in [-0.2, -0.15) is 0 Å². The molecule has 0 saturated carbocycles. The van der Waals surface area contributed by atoms with Crippen LogP contribution in [0.2, 0.25) is 0 Å². The van der Waals surface area contributed by atoms with Crippen LogP contribution in [0.3, 0.4) is 0 Å². The van der Waals surface area contributed by atoms with E-state index in [1.54, 1.807) is 14.2 Å². The molecule has 6 nitrogen and oxygen atoms in total. The Labute approximate surface area is 194 Å². The lowest BCUT2D eigenvalue weighted by Gasteiger charge is -2.21. The zero-order chi connectivity index (χ0) is 23.4. The fraction of sp³-hybridized carbons (Fsp3) is 0.259. The Morgan fingerprint density at radius 2 is 1.82 bits per heavy atom. The number of amides is 1. The van der Waals surface area contributed by atoms with Crippen LogP contribution in [0, 0.1) is 0 Å². The van der Waals surface area contributed by atoms with Gasteiger partial charge in [0.1, 0.15) is 11.9 Å². The number of rotatable bonds is 9. The maximum atomic E-state index is 12.9. The lowest BCUT2D eigenvalue weighted by molar-refractivity contribution is -0.120. The number of para-hydroxylation sites is 3. The van der Waals surface area contributed by atoms with Gasteiger partial charge < -0.3 is 19.8 Å². The minimum Gasteiger partial charge on any atom is -0.493 e. The van der Waals surface area contributed by atoms with E-state index in [1.165, 1.54) is 5.56 Å². The largest absolute Gasteiger partial charge is 0.493 e. The third kappa shape index (κ3) is 4.29. The smallest absolute Gasteiger partial charge is 0.245 e. The number of ether oxygens (including phenoxy) is 2. The molecule has 1 unspecified atom stereocenters. The molecule has 6 heteroatoms. The van der Waals surface area contributed by atoms with E-state index in [-0.39, 0.29) is 0 Å². The molecule has 0 spiro atoms. The molecular weight excluding hydrogens is 414 g/mol. The number of imidazole rings is 1. The first-order chi connectivity index (χ1) is 16.1. The number of aryl methyl sites for hydroxylation is 1. The molecule has 1 amide bonds. The van der Waals surface area contributed by atoms with E-state index in [0.717, 1.165) is 41.4 Å². The maximum absolute atomic E-state index is 12.9. The summed E-state index contributed by atoms with van der Waals surface area (Å²) >= 11 is 0. The molecule has 0 fully saturated rings. The Bertz CT molecular complexity index is 1280. The van der Waals surface area contributed by atoms with Gasteiger partial charge in [-0.1, -0.05) is 55.8 Å². The lowest BCUT2D eigenvalue weighted by Crippen LogP contribution is -2.28. The molecule has 0 radical (unpaired) electrons. The molecule has 0 aliphatic carbocycles. The van der Waals surface area contributed by atoms with Crippen LogP contribution in [-0.2, 0) is 11.2 Å². The van der Waals surface area contributed by atoms with Crippen molar-refractivity contribution in [3.8, 4) is 22.9 Å². The number of fused-ring (bicyclic) bond motifs is 1. The second-order valence-electron chi connectivity index (χ2n) is 7.99. The van der Waals surface area contributed by atoms with Crippen LogP contribution in [-0.4, -0.2) is 29.7 Å². The average Bonchev–Trinajstić information content (AvgIpc) is 3.21. The Balaban J connectivity index is 1.98. The molecule has 0 aliphatic heterocycles. The summed E-state index contributed by atoms with van der Waals surface area (Å²) in [6, 6.07) is 20.7. The van der Waals surface area contributed by atoms with Crippen molar-refractivity contribution >= 4 is 16.9 Å². The summed E-state index contributed by atoms with van der Waals surface area (Å²) in [5.74, 6) is 1.28. The molecule has 0 bridgehead atoms.